The van der Waals surface area contributed by atoms with Gasteiger partial charge in [-0.2, -0.15) is 0 Å². The van der Waals surface area contributed by atoms with Crippen molar-refractivity contribution in [2.45, 2.75) is 198 Å². The van der Waals surface area contributed by atoms with Crippen molar-refractivity contribution >= 4 is 19.8 Å². The minimum Gasteiger partial charge on any atom is -0.462 e. The van der Waals surface area contributed by atoms with E-state index in [1.54, 1.807) is 6.92 Å². The molecule has 0 aromatic rings. The summed E-state index contributed by atoms with van der Waals surface area (Å²) in [6, 6.07) is 0. The molecule has 0 spiro atoms. The molecule has 0 amide bonds. The van der Waals surface area contributed by atoms with E-state index in [1.807, 2.05) is 12.2 Å². The van der Waals surface area contributed by atoms with Gasteiger partial charge in [0.2, 0.25) is 0 Å². The normalized spacial score (nSPS) is 23.0. The summed E-state index contributed by atoms with van der Waals surface area (Å²) >= 11 is 0. The van der Waals surface area contributed by atoms with Crippen molar-refractivity contribution in [1.29, 1.82) is 0 Å². The van der Waals surface area contributed by atoms with E-state index >= 15 is 0 Å². The maximum absolute atomic E-state index is 12.8. The van der Waals surface area contributed by atoms with Gasteiger partial charge in [0.1, 0.15) is 43.2 Å². The van der Waals surface area contributed by atoms with Crippen LogP contribution < -0.4 is 0 Å². The van der Waals surface area contributed by atoms with Crippen LogP contribution in [0.25, 0.3) is 0 Å². The largest absolute Gasteiger partial charge is 0.472 e. The van der Waals surface area contributed by atoms with Gasteiger partial charge in [0.15, 0.2) is 6.10 Å². The van der Waals surface area contributed by atoms with Gasteiger partial charge in [-0.05, 0) is 96.8 Å². The quantitative estimate of drug-likeness (QED) is 0.0138. The van der Waals surface area contributed by atoms with Gasteiger partial charge in [0, 0.05) is 12.8 Å². The lowest BCUT2D eigenvalue weighted by atomic mass is 9.85. The Hall–Kier alpha value is -2.75. The van der Waals surface area contributed by atoms with Crippen molar-refractivity contribution in [3.05, 3.63) is 72.9 Å². The molecule has 3 unspecified atom stereocenters. The number of ether oxygens (including phenoxy) is 2. The molecule has 1 rings (SSSR count). The highest BCUT2D eigenvalue weighted by atomic mass is 31.2. The average molecular weight is 899 g/mol. The third-order valence-corrected chi connectivity index (χ3v) is 11.0. The van der Waals surface area contributed by atoms with E-state index in [0.29, 0.717) is 19.3 Å². The summed E-state index contributed by atoms with van der Waals surface area (Å²) in [4.78, 5) is 35.7. The van der Waals surface area contributed by atoms with Crippen LogP contribution in [0.5, 0.6) is 0 Å². The first-order valence-electron chi connectivity index (χ1n) is 22.8. The number of hydrogen-bond acceptors (Lipinski definition) is 13. The zero-order valence-electron chi connectivity index (χ0n) is 37.2. The minimum atomic E-state index is -5.15. The molecule has 1 aliphatic rings. The van der Waals surface area contributed by atoms with Crippen molar-refractivity contribution in [3.63, 3.8) is 0 Å². The second kappa shape index (κ2) is 36.6. The standard InChI is InChI=1S/C47H79O14P/c1-3-4-5-6-7-8-9-10-12-16-19-22-25-28-31-34-40(49)58-36-39(37-59-62(56,57)61-47-45(54)43(52)42(51)44(53)46(47)55)60-41(50)35-32-29-26-23-20-17-14-11-13-15-18-21-24-27-30-33-38(2)48/h7-8,10,12-15,17,21,23-24,26,38-39,42-48,51-55H,3-6,9,11,16,18-20,22,25,27-37H2,1-2H3,(H,56,57)/b8-7-,12-10-,15-13-,17-14-,24-21-,26-23-/t38-,39+,42?,43-,44+,45+,46+,47?/m0/s1. The van der Waals surface area contributed by atoms with Crippen LogP contribution in [-0.4, -0.2) is 110 Å². The van der Waals surface area contributed by atoms with Crippen molar-refractivity contribution < 1.29 is 68.2 Å². The van der Waals surface area contributed by atoms with Gasteiger partial charge < -0.3 is 45.0 Å². The molecule has 0 bridgehead atoms. The van der Waals surface area contributed by atoms with Crippen LogP contribution in [0.2, 0.25) is 0 Å². The summed E-state index contributed by atoms with van der Waals surface area (Å²) in [7, 11) is -5.15. The Balaban J connectivity index is 2.53. The van der Waals surface area contributed by atoms with E-state index in [0.717, 1.165) is 83.5 Å². The van der Waals surface area contributed by atoms with E-state index in [2.05, 4.69) is 67.7 Å². The van der Waals surface area contributed by atoms with E-state index < -0.39 is 75.7 Å². The fourth-order valence-corrected chi connectivity index (χ4v) is 7.30. The average Bonchev–Trinajstić information content (AvgIpc) is 3.24. The first-order valence-corrected chi connectivity index (χ1v) is 24.3. The number of esters is 2. The molecule has 1 saturated carbocycles. The smallest absolute Gasteiger partial charge is 0.462 e. The molecule has 0 heterocycles. The van der Waals surface area contributed by atoms with Gasteiger partial charge in [-0.25, -0.2) is 4.57 Å². The topological polar surface area (TPSA) is 230 Å². The summed E-state index contributed by atoms with van der Waals surface area (Å²) in [6.07, 6.45) is 29.5. The number of rotatable bonds is 36. The van der Waals surface area contributed by atoms with Crippen LogP contribution in [0, 0.1) is 0 Å². The Morgan fingerprint density at radius 2 is 1.00 bits per heavy atom. The van der Waals surface area contributed by atoms with Crippen LogP contribution in [0.4, 0.5) is 0 Å². The Morgan fingerprint density at radius 1 is 0.565 bits per heavy atom. The summed E-state index contributed by atoms with van der Waals surface area (Å²) in [5.74, 6) is -1.20. The number of allylic oxidation sites excluding steroid dienone is 12. The minimum absolute atomic E-state index is 0.00222. The zero-order valence-corrected chi connectivity index (χ0v) is 38.1. The summed E-state index contributed by atoms with van der Waals surface area (Å²) in [6.45, 7) is 2.75. The second-order valence-corrected chi connectivity index (χ2v) is 17.2. The summed E-state index contributed by atoms with van der Waals surface area (Å²) < 4.78 is 33.4. The van der Waals surface area contributed by atoms with Gasteiger partial charge in [0.05, 0.1) is 12.7 Å². The van der Waals surface area contributed by atoms with Crippen molar-refractivity contribution in [3.8, 4) is 0 Å². The molecule has 62 heavy (non-hydrogen) atoms. The van der Waals surface area contributed by atoms with Crippen LogP contribution in [0.1, 0.15) is 149 Å². The summed E-state index contributed by atoms with van der Waals surface area (Å²) in [5.41, 5.74) is 0. The lowest BCUT2D eigenvalue weighted by Crippen LogP contribution is -2.64. The summed E-state index contributed by atoms with van der Waals surface area (Å²) in [5, 5.41) is 59.4. The number of unbranched alkanes of at least 4 members (excludes halogenated alkanes) is 10. The Bertz CT molecular complexity index is 1380. The molecule has 0 aliphatic heterocycles. The molecule has 7 N–H and O–H groups in total. The molecule has 0 aromatic carbocycles. The molecule has 15 heteroatoms. The third kappa shape index (κ3) is 29.6. The van der Waals surface area contributed by atoms with Crippen LogP contribution in [0.3, 0.4) is 0 Å². The molecule has 0 radical (unpaired) electrons. The Labute approximate surface area is 370 Å². The highest BCUT2D eigenvalue weighted by Crippen LogP contribution is 2.47. The molecule has 9 atom stereocenters. The molecular weight excluding hydrogens is 819 g/mol. The van der Waals surface area contributed by atoms with Crippen molar-refractivity contribution in [2.24, 2.45) is 0 Å². The second-order valence-electron chi connectivity index (χ2n) is 15.8. The van der Waals surface area contributed by atoms with E-state index in [1.165, 1.54) is 19.3 Å². The van der Waals surface area contributed by atoms with E-state index in [4.69, 9.17) is 18.5 Å². The monoisotopic (exact) mass is 899 g/mol. The lowest BCUT2D eigenvalue weighted by molar-refractivity contribution is -0.220. The van der Waals surface area contributed by atoms with E-state index in [-0.39, 0.29) is 18.9 Å². The number of carbonyl (C=O) groups excluding carboxylic acids is 2. The Morgan fingerprint density at radius 3 is 1.53 bits per heavy atom. The molecule has 356 valence electrons. The lowest BCUT2D eigenvalue weighted by Gasteiger charge is -2.41. The SMILES string of the molecule is CCCCC/C=C\C/C=C\CCCCCCCC(=O)OC[C@H](COP(=O)(O)OC1[C@H](O)[C@H](O)C(O)[C@H](O)[C@H]1O)OC(=O)CCC/C=C\C/C=C\C/C=C\C/C=C\CCC[C@H](C)O. The van der Waals surface area contributed by atoms with Gasteiger partial charge in [-0.1, -0.05) is 112 Å². The fraction of sp³-hybridized carbons (Fsp3) is 0.702. The van der Waals surface area contributed by atoms with Gasteiger partial charge >= 0.3 is 19.8 Å². The first kappa shape index (κ1) is 57.3. The predicted octanol–water partition coefficient (Wildman–Crippen LogP) is 7.69. The number of phosphoric ester groups is 1. The maximum atomic E-state index is 12.8. The molecule has 14 nitrogen and oxygen atoms in total. The molecule has 0 aromatic heterocycles. The number of carbonyl (C=O) groups is 2. The first-order chi connectivity index (χ1) is 29.8. The Kier molecular flexibility index (Phi) is 33.8. The number of hydrogen-bond donors (Lipinski definition) is 7. The van der Waals surface area contributed by atoms with Crippen molar-refractivity contribution in [1.82, 2.24) is 0 Å². The predicted molar refractivity (Wildman–Crippen MR) is 241 cm³/mol. The van der Waals surface area contributed by atoms with Gasteiger partial charge in [-0.3, -0.25) is 18.6 Å². The number of aliphatic hydroxyl groups is 6. The zero-order chi connectivity index (χ0) is 45.9. The highest BCUT2D eigenvalue weighted by Gasteiger charge is 2.51. The number of phosphoric acid groups is 1. The van der Waals surface area contributed by atoms with Crippen LogP contribution in [0.15, 0.2) is 72.9 Å². The fourth-order valence-electron chi connectivity index (χ4n) is 6.33. The van der Waals surface area contributed by atoms with Crippen molar-refractivity contribution in [2.75, 3.05) is 13.2 Å². The van der Waals surface area contributed by atoms with Gasteiger partial charge in [0.25, 0.3) is 0 Å². The number of aliphatic hydroxyl groups excluding tert-OH is 6. The van der Waals surface area contributed by atoms with Gasteiger partial charge in [-0.15, -0.1) is 0 Å². The maximum Gasteiger partial charge on any atom is 0.472 e. The molecule has 1 fully saturated rings. The third-order valence-electron chi connectivity index (χ3n) is 10.0. The highest BCUT2D eigenvalue weighted by molar-refractivity contribution is 7.47. The molecular formula is C47H79O14P. The molecule has 1 aliphatic carbocycles. The molecule has 0 saturated heterocycles. The van der Waals surface area contributed by atoms with E-state index in [9.17, 15) is 49.7 Å². The van der Waals surface area contributed by atoms with Crippen LogP contribution >= 0.6 is 7.82 Å². The van der Waals surface area contributed by atoms with Crippen LogP contribution in [-0.2, 0) is 32.7 Å².